The molecule has 0 atom stereocenters. The number of amides is 1. The predicted octanol–water partition coefficient (Wildman–Crippen LogP) is 3.77. The van der Waals surface area contributed by atoms with Gasteiger partial charge in [0.2, 0.25) is 0 Å². The summed E-state index contributed by atoms with van der Waals surface area (Å²) in [5.41, 5.74) is 0.288. The van der Waals surface area contributed by atoms with E-state index in [9.17, 15) is 9.18 Å². The molecule has 2 rings (SSSR count). The molecule has 1 amide bonds. The molecule has 0 aliphatic carbocycles. The first-order chi connectivity index (χ1) is 8.61. The Morgan fingerprint density at radius 1 is 1.44 bits per heavy atom. The summed E-state index contributed by atoms with van der Waals surface area (Å²) in [6, 6.07) is 7.35. The monoisotopic (exact) mass is 324 g/mol. The normalized spacial score (nSPS) is 9.83. The van der Waals surface area contributed by atoms with E-state index in [-0.39, 0.29) is 11.5 Å². The van der Waals surface area contributed by atoms with Gasteiger partial charge in [-0.25, -0.2) is 4.39 Å². The molecular formula is C12H6BrFN2OS. The number of anilines is 1. The zero-order chi connectivity index (χ0) is 13.1. The van der Waals surface area contributed by atoms with E-state index in [1.54, 1.807) is 17.5 Å². The van der Waals surface area contributed by atoms with Gasteiger partial charge in [-0.1, -0.05) is 0 Å². The van der Waals surface area contributed by atoms with Crippen molar-refractivity contribution in [2.24, 2.45) is 0 Å². The summed E-state index contributed by atoms with van der Waals surface area (Å²) >= 11 is 4.55. The third kappa shape index (κ3) is 2.58. The Morgan fingerprint density at radius 3 is 2.83 bits per heavy atom. The highest BCUT2D eigenvalue weighted by atomic mass is 79.9. The van der Waals surface area contributed by atoms with Crippen molar-refractivity contribution in [1.82, 2.24) is 0 Å². The minimum absolute atomic E-state index is 0.0990. The summed E-state index contributed by atoms with van der Waals surface area (Å²) in [4.78, 5) is 12.4. The fourth-order valence-corrected chi connectivity index (χ4v) is 2.78. The third-order valence-electron chi connectivity index (χ3n) is 2.17. The second-order valence-corrected chi connectivity index (χ2v) is 5.13. The lowest BCUT2D eigenvalue weighted by atomic mass is 10.2. The minimum atomic E-state index is -0.604. The molecule has 0 saturated carbocycles. The number of nitrogens with one attached hydrogen (secondary N) is 1. The predicted molar refractivity (Wildman–Crippen MR) is 71.1 cm³/mol. The number of hydrogen-bond acceptors (Lipinski definition) is 3. The Labute approximate surface area is 115 Å². The van der Waals surface area contributed by atoms with Crippen LogP contribution in [-0.4, -0.2) is 5.91 Å². The van der Waals surface area contributed by atoms with Gasteiger partial charge < -0.3 is 5.32 Å². The van der Waals surface area contributed by atoms with E-state index >= 15 is 0 Å². The van der Waals surface area contributed by atoms with Crippen LogP contribution in [0.4, 0.5) is 10.1 Å². The summed E-state index contributed by atoms with van der Waals surface area (Å²) in [7, 11) is 0. The summed E-state index contributed by atoms with van der Waals surface area (Å²) in [5.74, 6) is -0.903. The number of halogens is 2. The zero-order valence-corrected chi connectivity index (χ0v) is 11.3. The number of rotatable bonds is 2. The first-order valence-electron chi connectivity index (χ1n) is 4.86. The molecule has 0 aliphatic rings. The number of carbonyl (C=O) groups excluding carboxylic acids is 1. The summed E-state index contributed by atoms with van der Waals surface area (Å²) < 4.78 is 13.8. The Balaban J connectivity index is 2.23. The van der Waals surface area contributed by atoms with Crippen molar-refractivity contribution in [2.75, 3.05) is 5.32 Å². The zero-order valence-electron chi connectivity index (χ0n) is 8.91. The van der Waals surface area contributed by atoms with E-state index in [2.05, 4.69) is 21.2 Å². The molecule has 1 aromatic carbocycles. The van der Waals surface area contributed by atoms with Gasteiger partial charge in [0.15, 0.2) is 0 Å². The Hall–Kier alpha value is -1.71. The van der Waals surface area contributed by atoms with Crippen LogP contribution in [0.15, 0.2) is 34.1 Å². The molecule has 0 bridgehead atoms. The number of nitrogens with zero attached hydrogens (tertiary/aromatic N) is 1. The highest BCUT2D eigenvalue weighted by Gasteiger charge is 2.12. The van der Waals surface area contributed by atoms with Gasteiger partial charge in [0.1, 0.15) is 16.8 Å². The van der Waals surface area contributed by atoms with E-state index in [1.165, 1.54) is 23.5 Å². The molecular weight excluding hydrogens is 319 g/mol. The van der Waals surface area contributed by atoms with Crippen molar-refractivity contribution in [1.29, 1.82) is 5.26 Å². The van der Waals surface area contributed by atoms with Crippen molar-refractivity contribution in [3.05, 3.63) is 50.4 Å². The van der Waals surface area contributed by atoms with Crippen LogP contribution in [-0.2, 0) is 0 Å². The van der Waals surface area contributed by atoms with Crippen LogP contribution in [0.5, 0.6) is 0 Å². The smallest absolute Gasteiger partial charge is 0.266 e. The molecule has 90 valence electrons. The Morgan fingerprint density at radius 2 is 2.22 bits per heavy atom. The molecule has 0 aliphatic heterocycles. The molecule has 1 heterocycles. The average Bonchev–Trinajstić information content (AvgIpc) is 2.78. The molecule has 18 heavy (non-hydrogen) atoms. The molecule has 3 nitrogen and oxygen atoms in total. The van der Waals surface area contributed by atoms with Crippen LogP contribution in [0.3, 0.4) is 0 Å². The van der Waals surface area contributed by atoms with Crippen molar-refractivity contribution in [3.8, 4) is 6.07 Å². The number of benzene rings is 1. The SMILES string of the molecule is N#Cc1cc(NC(=O)c2sccc2Br)ccc1F. The van der Waals surface area contributed by atoms with E-state index < -0.39 is 5.82 Å². The van der Waals surface area contributed by atoms with E-state index in [0.717, 1.165) is 6.07 Å². The third-order valence-corrected chi connectivity index (χ3v) is 4.00. The molecule has 0 spiro atoms. The lowest BCUT2D eigenvalue weighted by Crippen LogP contribution is -2.10. The van der Waals surface area contributed by atoms with Gasteiger partial charge in [-0.05, 0) is 45.6 Å². The molecule has 6 heteroatoms. The Kier molecular flexibility index (Phi) is 3.75. The summed E-state index contributed by atoms with van der Waals surface area (Å²) in [5, 5.41) is 13.1. The van der Waals surface area contributed by atoms with Crippen molar-refractivity contribution < 1.29 is 9.18 Å². The molecule has 2 aromatic rings. The summed E-state index contributed by atoms with van der Waals surface area (Å²) in [6.07, 6.45) is 0. The summed E-state index contributed by atoms with van der Waals surface area (Å²) in [6.45, 7) is 0. The molecule has 0 radical (unpaired) electrons. The fraction of sp³-hybridized carbons (Fsp3) is 0. The second-order valence-electron chi connectivity index (χ2n) is 3.36. The largest absolute Gasteiger partial charge is 0.321 e. The topological polar surface area (TPSA) is 52.9 Å². The average molecular weight is 325 g/mol. The number of nitriles is 1. The van der Waals surface area contributed by atoms with Crippen molar-refractivity contribution in [2.45, 2.75) is 0 Å². The van der Waals surface area contributed by atoms with Gasteiger partial charge in [0.25, 0.3) is 5.91 Å². The van der Waals surface area contributed by atoms with Crippen LogP contribution >= 0.6 is 27.3 Å². The van der Waals surface area contributed by atoms with Gasteiger partial charge >= 0.3 is 0 Å². The van der Waals surface area contributed by atoms with Crippen LogP contribution in [0.1, 0.15) is 15.2 Å². The lowest BCUT2D eigenvalue weighted by molar-refractivity contribution is 0.103. The first-order valence-corrected chi connectivity index (χ1v) is 6.53. The maximum atomic E-state index is 13.1. The van der Waals surface area contributed by atoms with Crippen LogP contribution in [0.2, 0.25) is 0 Å². The number of thiophene rings is 1. The molecule has 0 unspecified atom stereocenters. The van der Waals surface area contributed by atoms with E-state index in [1.807, 2.05) is 0 Å². The first kappa shape index (κ1) is 12.7. The van der Waals surface area contributed by atoms with Crippen LogP contribution < -0.4 is 5.32 Å². The van der Waals surface area contributed by atoms with E-state index in [4.69, 9.17) is 5.26 Å². The molecule has 1 N–H and O–H groups in total. The molecule has 0 fully saturated rings. The van der Waals surface area contributed by atoms with Gasteiger partial charge in [0, 0.05) is 10.2 Å². The van der Waals surface area contributed by atoms with Gasteiger partial charge in [-0.15, -0.1) is 11.3 Å². The quantitative estimate of drug-likeness (QED) is 0.914. The van der Waals surface area contributed by atoms with Gasteiger partial charge in [-0.2, -0.15) is 5.26 Å². The highest BCUT2D eigenvalue weighted by molar-refractivity contribution is 9.10. The van der Waals surface area contributed by atoms with Crippen molar-refractivity contribution >= 4 is 38.9 Å². The maximum absolute atomic E-state index is 13.1. The minimum Gasteiger partial charge on any atom is -0.321 e. The Bertz CT molecular complexity index is 648. The fourth-order valence-electron chi connectivity index (χ4n) is 1.33. The van der Waals surface area contributed by atoms with E-state index in [0.29, 0.717) is 15.0 Å². The standard InChI is InChI=1S/C12H6BrFN2OS/c13-9-3-4-18-11(9)12(17)16-8-1-2-10(14)7(5-8)6-15/h1-5H,(H,16,17). The van der Waals surface area contributed by atoms with Gasteiger partial charge in [0.05, 0.1) is 5.56 Å². The number of carbonyl (C=O) groups is 1. The highest BCUT2D eigenvalue weighted by Crippen LogP contribution is 2.24. The second kappa shape index (κ2) is 5.29. The lowest BCUT2D eigenvalue weighted by Gasteiger charge is -2.04. The van der Waals surface area contributed by atoms with Gasteiger partial charge in [-0.3, -0.25) is 4.79 Å². The van der Waals surface area contributed by atoms with Crippen molar-refractivity contribution in [3.63, 3.8) is 0 Å². The maximum Gasteiger partial charge on any atom is 0.266 e. The number of hydrogen-bond donors (Lipinski definition) is 1. The molecule has 1 aromatic heterocycles. The van der Waals surface area contributed by atoms with Crippen LogP contribution in [0, 0.1) is 17.1 Å². The van der Waals surface area contributed by atoms with Crippen LogP contribution in [0.25, 0.3) is 0 Å². The molecule has 0 saturated heterocycles.